The van der Waals surface area contributed by atoms with Crippen LogP contribution in [0.25, 0.3) is 4.91 Å². The van der Waals surface area contributed by atoms with Gasteiger partial charge in [0.2, 0.25) is 0 Å². The maximum absolute atomic E-state index is 12.8. The van der Waals surface area contributed by atoms with Crippen molar-refractivity contribution in [1.29, 1.82) is 0 Å². The van der Waals surface area contributed by atoms with Crippen LogP contribution in [0.15, 0.2) is 45.9 Å². The summed E-state index contributed by atoms with van der Waals surface area (Å²) in [7, 11) is -3.48. The fraction of sp³-hybridized carbons (Fsp3) is 0.167. The summed E-state index contributed by atoms with van der Waals surface area (Å²) in [5.74, 6) is 0.667. The van der Waals surface area contributed by atoms with Crippen molar-refractivity contribution < 1.29 is 8.42 Å². The zero-order chi connectivity index (χ0) is 20.1. The molecule has 2 aromatic rings. The third-order valence-electron chi connectivity index (χ3n) is 4.37. The number of halogens is 4. The molecule has 1 N–H and O–H groups in total. The first-order valence-corrected chi connectivity index (χ1v) is 12.3. The molecule has 0 atom stereocenters. The predicted octanol–water partition coefficient (Wildman–Crippen LogP) is 6.40. The van der Waals surface area contributed by atoms with Crippen LogP contribution in [0.5, 0.6) is 0 Å². The Bertz CT molecular complexity index is 1140. The summed E-state index contributed by atoms with van der Waals surface area (Å²) < 4.78 is 25.6. The number of benzene rings is 2. The van der Waals surface area contributed by atoms with Gasteiger partial charge in [-0.3, -0.25) is 5.43 Å². The number of thioether (sulfide) groups is 1. The van der Waals surface area contributed by atoms with Crippen LogP contribution in [0.3, 0.4) is 0 Å². The Balaban J connectivity index is 1.79. The van der Waals surface area contributed by atoms with Crippen LogP contribution in [-0.4, -0.2) is 25.6 Å². The zero-order valence-corrected chi connectivity index (χ0v) is 18.8. The van der Waals surface area contributed by atoms with Gasteiger partial charge in [-0.2, -0.15) is 5.10 Å². The molecular weight excluding hydrogens is 482 g/mol. The van der Waals surface area contributed by atoms with E-state index < -0.39 is 9.84 Å². The Morgan fingerprint density at radius 3 is 2.43 bits per heavy atom. The summed E-state index contributed by atoms with van der Waals surface area (Å²) in [6.45, 7) is 0. The van der Waals surface area contributed by atoms with E-state index in [1.54, 1.807) is 42.1 Å². The second-order valence-electron chi connectivity index (χ2n) is 6.22. The number of nitrogens with zero attached hydrogens (tertiary/aromatic N) is 1. The molecule has 0 unspecified atom stereocenters. The Morgan fingerprint density at radius 2 is 1.71 bits per heavy atom. The summed E-state index contributed by atoms with van der Waals surface area (Å²) in [5, 5.41) is 6.00. The second kappa shape index (κ2) is 7.74. The SMILES string of the molecule is O=S1(=O)CC2=C(SCC/C2=N/Nc2c(Cl)cc(Cl)cc2Cl)c2cc(Cl)ccc21. The molecule has 0 aromatic heterocycles. The molecule has 0 fully saturated rings. The van der Waals surface area contributed by atoms with Crippen LogP contribution in [0.4, 0.5) is 5.69 Å². The minimum atomic E-state index is -3.48. The normalized spacial score (nSPS) is 19.4. The van der Waals surface area contributed by atoms with Crippen LogP contribution in [-0.2, 0) is 9.84 Å². The average Bonchev–Trinajstić information content (AvgIpc) is 2.60. The second-order valence-corrected chi connectivity index (χ2v) is 11.0. The van der Waals surface area contributed by atoms with Crippen molar-refractivity contribution >= 4 is 84.3 Å². The summed E-state index contributed by atoms with van der Waals surface area (Å²) in [4.78, 5) is 1.20. The number of anilines is 1. The number of fused-ring (bicyclic) bond motifs is 2. The minimum absolute atomic E-state index is 0.105. The van der Waals surface area contributed by atoms with Gasteiger partial charge < -0.3 is 0 Å². The van der Waals surface area contributed by atoms with Crippen LogP contribution in [0, 0.1) is 0 Å². The van der Waals surface area contributed by atoms with E-state index in [9.17, 15) is 8.42 Å². The quantitative estimate of drug-likeness (QED) is 0.491. The number of hydrogen-bond donors (Lipinski definition) is 1. The van der Waals surface area contributed by atoms with E-state index in [0.29, 0.717) is 53.9 Å². The minimum Gasteiger partial charge on any atom is -0.275 e. The number of hydrogen-bond acceptors (Lipinski definition) is 5. The first-order valence-electron chi connectivity index (χ1n) is 8.12. The van der Waals surface area contributed by atoms with Crippen molar-refractivity contribution in [2.75, 3.05) is 16.9 Å². The Kier molecular flexibility index (Phi) is 5.64. The van der Waals surface area contributed by atoms with Crippen molar-refractivity contribution in [3.05, 3.63) is 61.6 Å². The molecule has 0 saturated carbocycles. The van der Waals surface area contributed by atoms with Gasteiger partial charge in [-0.25, -0.2) is 8.42 Å². The Hall–Kier alpha value is -0.890. The molecule has 4 nitrogen and oxygen atoms in total. The van der Waals surface area contributed by atoms with Crippen LogP contribution in [0.2, 0.25) is 20.1 Å². The highest BCUT2D eigenvalue weighted by molar-refractivity contribution is 8.08. The molecule has 146 valence electrons. The van der Waals surface area contributed by atoms with Gasteiger partial charge in [0, 0.05) is 38.3 Å². The van der Waals surface area contributed by atoms with Crippen molar-refractivity contribution in [1.82, 2.24) is 0 Å². The highest BCUT2D eigenvalue weighted by Gasteiger charge is 2.34. The standard InChI is InChI=1S/C18H12Cl4N2O2S2/c19-9-1-2-16-11(5-9)18-12(8-28(16,25)26)15(3-4-27-18)23-24-17-13(21)6-10(20)7-14(17)22/h1-2,5-7,24H,3-4,8H2/b23-15-. The lowest BCUT2D eigenvalue weighted by Gasteiger charge is -2.27. The maximum Gasteiger partial charge on any atom is 0.183 e. The molecule has 4 rings (SSSR count). The van der Waals surface area contributed by atoms with Gasteiger partial charge in [-0.15, -0.1) is 11.8 Å². The lowest BCUT2D eigenvalue weighted by atomic mass is 10.0. The molecule has 10 heteroatoms. The molecule has 0 saturated heterocycles. The largest absolute Gasteiger partial charge is 0.275 e. The van der Waals surface area contributed by atoms with Crippen molar-refractivity contribution in [3.63, 3.8) is 0 Å². The van der Waals surface area contributed by atoms with Gasteiger partial charge in [0.15, 0.2) is 9.84 Å². The fourth-order valence-corrected chi connectivity index (χ4v) is 7.16. The van der Waals surface area contributed by atoms with Crippen LogP contribution in [0.1, 0.15) is 12.0 Å². The summed E-state index contributed by atoms with van der Waals surface area (Å²) in [6.07, 6.45) is 0.616. The third-order valence-corrected chi connectivity index (χ3v) is 8.28. The maximum atomic E-state index is 12.8. The van der Waals surface area contributed by atoms with Crippen molar-refractivity contribution in [3.8, 4) is 0 Å². The van der Waals surface area contributed by atoms with Gasteiger partial charge in [0.05, 0.1) is 32.1 Å². The predicted molar refractivity (Wildman–Crippen MR) is 120 cm³/mol. The summed E-state index contributed by atoms with van der Waals surface area (Å²) in [6, 6.07) is 7.97. The van der Waals surface area contributed by atoms with Crippen LogP contribution < -0.4 is 5.43 Å². The lowest BCUT2D eigenvalue weighted by molar-refractivity contribution is 0.597. The molecule has 2 aliphatic rings. The third kappa shape index (κ3) is 3.78. The summed E-state index contributed by atoms with van der Waals surface area (Å²) >= 11 is 26.0. The van der Waals surface area contributed by atoms with E-state index in [1.807, 2.05) is 0 Å². The topological polar surface area (TPSA) is 58.5 Å². The van der Waals surface area contributed by atoms with Gasteiger partial charge in [0.25, 0.3) is 0 Å². The average molecular weight is 494 g/mol. The van der Waals surface area contributed by atoms with Gasteiger partial charge in [-0.1, -0.05) is 46.4 Å². The van der Waals surface area contributed by atoms with Gasteiger partial charge in [0.1, 0.15) is 0 Å². The van der Waals surface area contributed by atoms with E-state index in [2.05, 4.69) is 10.5 Å². The smallest absolute Gasteiger partial charge is 0.183 e. The van der Waals surface area contributed by atoms with Crippen LogP contribution >= 0.6 is 58.2 Å². The summed E-state index contributed by atoms with van der Waals surface area (Å²) in [5.41, 5.74) is 5.27. The zero-order valence-electron chi connectivity index (χ0n) is 14.1. The van der Waals surface area contributed by atoms with Crippen molar-refractivity contribution in [2.45, 2.75) is 11.3 Å². The number of rotatable bonds is 2. The molecule has 2 heterocycles. The molecule has 0 aliphatic carbocycles. The molecule has 2 aromatic carbocycles. The van der Waals surface area contributed by atoms with E-state index in [0.717, 1.165) is 10.7 Å². The molecule has 0 spiro atoms. The Labute approximate surface area is 186 Å². The van der Waals surface area contributed by atoms with Crippen molar-refractivity contribution in [2.24, 2.45) is 5.10 Å². The highest BCUT2D eigenvalue weighted by Crippen LogP contribution is 2.44. The number of hydrazone groups is 1. The van der Waals surface area contributed by atoms with E-state index >= 15 is 0 Å². The number of nitrogens with one attached hydrogen (secondary N) is 1. The van der Waals surface area contributed by atoms with Gasteiger partial charge in [-0.05, 0) is 30.3 Å². The number of sulfone groups is 1. The molecule has 2 aliphatic heterocycles. The Morgan fingerprint density at radius 1 is 1.00 bits per heavy atom. The monoisotopic (exact) mass is 492 g/mol. The molecule has 0 bridgehead atoms. The fourth-order valence-electron chi connectivity index (χ4n) is 3.12. The highest BCUT2D eigenvalue weighted by atomic mass is 35.5. The van der Waals surface area contributed by atoms with E-state index in [1.165, 1.54) is 0 Å². The van der Waals surface area contributed by atoms with E-state index in [4.69, 9.17) is 46.4 Å². The van der Waals surface area contributed by atoms with Gasteiger partial charge >= 0.3 is 0 Å². The molecule has 28 heavy (non-hydrogen) atoms. The first-order chi connectivity index (χ1) is 13.3. The van der Waals surface area contributed by atoms with E-state index in [-0.39, 0.29) is 5.75 Å². The first kappa shape index (κ1) is 20.4. The molecule has 0 radical (unpaired) electrons. The molecule has 0 amide bonds. The molecular formula is C18H12Cl4N2O2S2. The lowest BCUT2D eigenvalue weighted by Crippen LogP contribution is -2.25.